The van der Waals surface area contributed by atoms with Crippen molar-refractivity contribution in [2.75, 3.05) is 39.4 Å². The fourth-order valence-electron chi connectivity index (χ4n) is 3.50. The van der Waals surface area contributed by atoms with Crippen molar-refractivity contribution >= 4 is 21.6 Å². The first kappa shape index (κ1) is 19.7. The predicted octanol–water partition coefficient (Wildman–Crippen LogP) is 1.16. The largest absolute Gasteiger partial charge is 0.378 e. The molecule has 2 aliphatic heterocycles. The molecule has 0 radical (unpaired) electrons. The van der Waals surface area contributed by atoms with Gasteiger partial charge in [0.1, 0.15) is 0 Å². The molecule has 0 unspecified atom stereocenters. The van der Waals surface area contributed by atoms with Gasteiger partial charge in [0.2, 0.25) is 15.9 Å². The van der Waals surface area contributed by atoms with Gasteiger partial charge < -0.3 is 9.64 Å². The van der Waals surface area contributed by atoms with Crippen LogP contribution in [0, 0.1) is 23.0 Å². The Hall–Kier alpha value is -2.04. The maximum absolute atomic E-state index is 13.0. The lowest BCUT2D eigenvalue weighted by Gasteiger charge is -2.35. The predicted molar refractivity (Wildman–Crippen MR) is 96.7 cm³/mol. The maximum atomic E-state index is 13.0. The number of ether oxygens (including phenoxy) is 1. The fraction of sp³-hybridized carbons (Fsp3) is 0.588. The molecule has 3 rings (SSSR count). The third-order valence-electron chi connectivity index (χ3n) is 5.07. The highest BCUT2D eigenvalue weighted by Gasteiger charge is 2.36. The Balaban J connectivity index is 1.79. The number of nitro benzene ring substituents is 1. The van der Waals surface area contributed by atoms with Crippen molar-refractivity contribution < 1.29 is 22.9 Å². The zero-order valence-electron chi connectivity index (χ0n) is 15.2. The molecule has 2 saturated heterocycles. The second-order valence-corrected chi connectivity index (χ2v) is 8.78. The molecule has 0 aromatic heterocycles. The van der Waals surface area contributed by atoms with Crippen LogP contribution in [0.5, 0.6) is 0 Å². The Morgan fingerprint density at radius 1 is 1.26 bits per heavy atom. The van der Waals surface area contributed by atoms with Gasteiger partial charge in [-0.1, -0.05) is 6.07 Å². The third kappa shape index (κ3) is 4.12. The molecule has 0 saturated carbocycles. The van der Waals surface area contributed by atoms with Crippen LogP contribution in [-0.4, -0.2) is 67.8 Å². The van der Waals surface area contributed by atoms with Crippen molar-refractivity contribution in [3.05, 3.63) is 33.9 Å². The zero-order valence-corrected chi connectivity index (χ0v) is 16.0. The van der Waals surface area contributed by atoms with Gasteiger partial charge in [-0.15, -0.1) is 0 Å². The van der Waals surface area contributed by atoms with E-state index >= 15 is 0 Å². The molecule has 1 aromatic carbocycles. The Kier molecular flexibility index (Phi) is 5.78. The monoisotopic (exact) mass is 397 g/mol. The van der Waals surface area contributed by atoms with E-state index in [1.807, 2.05) is 0 Å². The number of amides is 1. The van der Waals surface area contributed by atoms with Gasteiger partial charge in [-0.05, 0) is 25.8 Å². The normalized spacial score (nSPS) is 21.8. The molecule has 9 nitrogen and oxygen atoms in total. The molecule has 2 heterocycles. The SMILES string of the molecule is Cc1ccc(S(=O)(=O)N2CCC[C@@H](C(=O)N3CCOCC3)C2)cc1[N+](=O)[O-]. The van der Waals surface area contributed by atoms with Crippen LogP contribution in [0.15, 0.2) is 23.1 Å². The molecule has 0 spiro atoms. The number of hydrogen-bond donors (Lipinski definition) is 0. The summed E-state index contributed by atoms with van der Waals surface area (Å²) in [4.78, 5) is 24.9. The first-order valence-electron chi connectivity index (χ1n) is 8.92. The molecule has 27 heavy (non-hydrogen) atoms. The number of hydrogen-bond acceptors (Lipinski definition) is 6. The minimum absolute atomic E-state index is 0.0481. The van der Waals surface area contributed by atoms with Crippen molar-refractivity contribution in [1.29, 1.82) is 0 Å². The van der Waals surface area contributed by atoms with Gasteiger partial charge in [0.15, 0.2) is 0 Å². The second kappa shape index (κ2) is 7.91. The number of carbonyl (C=O) groups excluding carboxylic acids is 1. The molecule has 0 bridgehead atoms. The highest BCUT2D eigenvalue weighted by Crippen LogP contribution is 2.28. The van der Waals surface area contributed by atoms with E-state index in [0.29, 0.717) is 51.3 Å². The van der Waals surface area contributed by atoms with Crippen molar-refractivity contribution in [2.45, 2.75) is 24.7 Å². The minimum Gasteiger partial charge on any atom is -0.378 e. The number of morpholine rings is 1. The lowest BCUT2D eigenvalue weighted by Crippen LogP contribution is -2.49. The highest BCUT2D eigenvalue weighted by atomic mass is 32.2. The lowest BCUT2D eigenvalue weighted by molar-refractivity contribution is -0.385. The number of sulfonamides is 1. The third-order valence-corrected chi connectivity index (χ3v) is 6.93. The maximum Gasteiger partial charge on any atom is 0.273 e. The van der Waals surface area contributed by atoms with Gasteiger partial charge in [-0.25, -0.2) is 8.42 Å². The molecule has 1 amide bonds. The van der Waals surface area contributed by atoms with Crippen molar-refractivity contribution in [1.82, 2.24) is 9.21 Å². The van der Waals surface area contributed by atoms with Gasteiger partial charge in [0.05, 0.1) is 29.0 Å². The zero-order chi connectivity index (χ0) is 19.6. The van der Waals surface area contributed by atoms with Gasteiger partial charge in [-0.3, -0.25) is 14.9 Å². The van der Waals surface area contributed by atoms with Crippen LogP contribution < -0.4 is 0 Å². The van der Waals surface area contributed by atoms with E-state index in [0.717, 1.165) is 6.07 Å². The standard InChI is InChI=1S/C17H23N3O6S/c1-13-4-5-15(11-16(13)20(22)23)27(24,25)19-6-2-3-14(12-19)17(21)18-7-9-26-10-8-18/h4-5,11,14H,2-3,6-10,12H2,1H3/t14-/m1/s1. The van der Waals surface area contributed by atoms with Crippen molar-refractivity contribution in [3.63, 3.8) is 0 Å². The molecular weight excluding hydrogens is 374 g/mol. The van der Waals surface area contributed by atoms with E-state index in [-0.39, 0.29) is 23.0 Å². The number of nitro groups is 1. The van der Waals surface area contributed by atoms with E-state index in [2.05, 4.69) is 0 Å². The quantitative estimate of drug-likeness (QED) is 0.557. The van der Waals surface area contributed by atoms with Gasteiger partial charge in [0.25, 0.3) is 5.69 Å². The van der Waals surface area contributed by atoms with E-state index < -0.39 is 20.9 Å². The summed E-state index contributed by atoms with van der Waals surface area (Å²) in [6, 6.07) is 3.91. The Labute approximate surface area is 158 Å². The van der Waals surface area contributed by atoms with Crippen LogP contribution in [-0.2, 0) is 19.6 Å². The molecule has 0 N–H and O–H groups in total. The molecule has 0 aliphatic carbocycles. The summed E-state index contributed by atoms with van der Waals surface area (Å²) in [7, 11) is -3.90. The summed E-state index contributed by atoms with van der Waals surface area (Å²) in [6.07, 6.45) is 1.21. The van der Waals surface area contributed by atoms with Crippen molar-refractivity contribution in [2.24, 2.45) is 5.92 Å². The number of carbonyl (C=O) groups is 1. The number of nitrogens with zero attached hydrogens (tertiary/aromatic N) is 3. The van der Waals surface area contributed by atoms with Gasteiger partial charge in [-0.2, -0.15) is 4.31 Å². The summed E-state index contributed by atoms with van der Waals surface area (Å²) in [5.74, 6) is -0.444. The fourth-order valence-corrected chi connectivity index (χ4v) is 5.04. The summed E-state index contributed by atoms with van der Waals surface area (Å²) in [6.45, 7) is 3.99. The number of piperidine rings is 1. The first-order valence-corrected chi connectivity index (χ1v) is 10.4. The van der Waals surface area contributed by atoms with Crippen LogP contribution >= 0.6 is 0 Å². The van der Waals surface area contributed by atoms with Crippen LogP contribution in [0.25, 0.3) is 0 Å². The van der Waals surface area contributed by atoms with E-state index in [4.69, 9.17) is 4.74 Å². The smallest absolute Gasteiger partial charge is 0.273 e. The van der Waals surface area contributed by atoms with Crippen LogP contribution in [0.1, 0.15) is 18.4 Å². The Bertz CT molecular complexity index is 835. The molecule has 1 atom stereocenters. The molecule has 2 fully saturated rings. The number of rotatable bonds is 4. The molecular formula is C17H23N3O6S. The summed E-state index contributed by atoms with van der Waals surface area (Å²) >= 11 is 0. The Morgan fingerprint density at radius 2 is 1.96 bits per heavy atom. The van der Waals surface area contributed by atoms with Crippen molar-refractivity contribution in [3.8, 4) is 0 Å². The van der Waals surface area contributed by atoms with Crippen LogP contribution in [0.2, 0.25) is 0 Å². The lowest BCUT2D eigenvalue weighted by atomic mass is 9.98. The summed E-state index contributed by atoms with van der Waals surface area (Å²) < 4.78 is 32.5. The van der Waals surface area contributed by atoms with E-state index in [1.165, 1.54) is 16.4 Å². The Morgan fingerprint density at radius 3 is 2.63 bits per heavy atom. The molecule has 10 heteroatoms. The summed E-state index contributed by atoms with van der Waals surface area (Å²) in [5, 5.41) is 11.1. The van der Waals surface area contributed by atoms with E-state index in [1.54, 1.807) is 11.8 Å². The average molecular weight is 397 g/mol. The average Bonchev–Trinajstić information content (AvgIpc) is 2.68. The first-order chi connectivity index (χ1) is 12.8. The van der Waals surface area contributed by atoms with Gasteiger partial charge in [0, 0.05) is 37.8 Å². The molecule has 1 aromatic rings. The summed E-state index contributed by atoms with van der Waals surface area (Å²) in [5.41, 5.74) is 0.173. The van der Waals surface area contributed by atoms with Crippen LogP contribution in [0.4, 0.5) is 5.69 Å². The molecule has 148 valence electrons. The van der Waals surface area contributed by atoms with Gasteiger partial charge >= 0.3 is 0 Å². The van der Waals surface area contributed by atoms with Crippen LogP contribution in [0.3, 0.4) is 0 Å². The second-order valence-electron chi connectivity index (χ2n) is 6.85. The minimum atomic E-state index is -3.90. The topological polar surface area (TPSA) is 110 Å². The highest BCUT2D eigenvalue weighted by molar-refractivity contribution is 7.89. The number of benzene rings is 1. The van der Waals surface area contributed by atoms with E-state index in [9.17, 15) is 23.3 Å². The number of aryl methyl sites for hydroxylation is 1. The molecule has 2 aliphatic rings.